The van der Waals surface area contributed by atoms with Crippen molar-refractivity contribution in [1.82, 2.24) is 30.0 Å². The molecule has 3 aromatic heterocycles. The highest BCUT2D eigenvalue weighted by molar-refractivity contribution is 7.22. The number of fused-ring (bicyclic) bond motifs is 5. The van der Waals surface area contributed by atoms with Gasteiger partial charge in [0.2, 0.25) is 24.2 Å². The number of carboxylic acid groups (broad SMARTS) is 1. The van der Waals surface area contributed by atoms with Gasteiger partial charge in [-0.2, -0.15) is 5.10 Å². The number of nitrogens with zero attached hydrogens (tertiary/aromatic N) is 6. The summed E-state index contributed by atoms with van der Waals surface area (Å²) in [5.74, 6) is -5.55. The molecule has 584 valence electrons. The van der Waals surface area contributed by atoms with E-state index in [1.54, 1.807) is 71.6 Å². The van der Waals surface area contributed by atoms with E-state index in [9.17, 15) is 48.3 Å². The highest BCUT2D eigenvalue weighted by Crippen LogP contribution is 2.72. The van der Waals surface area contributed by atoms with E-state index in [1.165, 1.54) is 23.5 Å². The zero-order valence-corrected chi connectivity index (χ0v) is 64.1. The Morgan fingerprint density at radius 2 is 1.45 bits per heavy atom. The summed E-state index contributed by atoms with van der Waals surface area (Å²) in [6.07, 6.45) is 0.872. The lowest BCUT2D eigenvalue weighted by molar-refractivity contribution is -0.282. The van der Waals surface area contributed by atoms with Crippen LogP contribution < -0.4 is 30.3 Å². The van der Waals surface area contributed by atoms with Crippen LogP contribution in [0, 0.1) is 23.2 Å². The van der Waals surface area contributed by atoms with Crippen LogP contribution in [-0.4, -0.2) is 173 Å². The molecule has 7 aliphatic rings. The Morgan fingerprint density at radius 3 is 2.15 bits per heavy atom. The summed E-state index contributed by atoms with van der Waals surface area (Å²) >= 11 is 1.38. The predicted molar refractivity (Wildman–Crippen MR) is 411 cm³/mol. The van der Waals surface area contributed by atoms with E-state index in [-0.39, 0.29) is 97.0 Å². The largest absolute Gasteiger partial charge is 0.490 e. The molecule has 0 spiro atoms. The normalized spacial score (nSPS) is 23.2. The fourth-order valence-electron chi connectivity index (χ4n) is 18.3. The van der Waals surface area contributed by atoms with E-state index in [4.69, 9.17) is 52.7 Å². The van der Waals surface area contributed by atoms with Gasteiger partial charge in [0.25, 0.3) is 0 Å². The third kappa shape index (κ3) is 16.4. The van der Waals surface area contributed by atoms with Crippen LogP contribution in [0.2, 0.25) is 0 Å². The highest BCUT2D eigenvalue weighted by atomic mass is 32.1. The van der Waals surface area contributed by atoms with Crippen molar-refractivity contribution in [2.75, 3.05) is 69.1 Å². The number of hydrogen-bond donors (Lipinski definition) is 4. The number of benzene rings is 5. The van der Waals surface area contributed by atoms with E-state index in [0.29, 0.717) is 57.6 Å². The molecule has 0 radical (unpaired) electrons. The van der Waals surface area contributed by atoms with Crippen LogP contribution in [0.3, 0.4) is 0 Å². The molecule has 2 aliphatic heterocycles. The first-order valence-corrected chi connectivity index (χ1v) is 38.0. The second-order valence-corrected chi connectivity index (χ2v) is 31.6. The number of likely N-dealkylation sites (N-methyl/N-ethyl adjacent to an activating group) is 1. The molecule has 112 heavy (non-hydrogen) atoms. The van der Waals surface area contributed by atoms with Gasteiger partial charge in [0.1, 0.15) is 24.7 Å². The molecule has 4 N–H and O–H groups in total. The number of carboxylic acids is 1. The number of rotatable bonds is 25. The maximum absolute atomic E-state index is 14.0. The van der Waals surface area contributed by atoms with Gasteiger partial charge in [-0.15, -0.1) is 0 Å². The third-order valence-electron chi connectivity index (χ3n) is 21.7. The van der Waals surface area contributed by atoms with Gasteiger partial charge in [0.05, 0.1) is 59.3 Å². The molecule has 8 aromatic rings. The third-order valence-corrected chi connectivity index (χ3v) is 22.6. The zero-order chi connectivity index (χ0) is 79.0. The number of pyridine rings is 1. The molecule has 4 saturated carbocycles. The van der Waals surface area contributed by atoms with Gasteiger partial charge < -0.3 is 63.3 Å². The van der Waals surface area contributed by atoms with Gasteiger partial charge in [-0.3, -0.25) is 38.9 Å². The van der Waals surface area contributed by atoms with Crippen molar-refractivity contribution in [3.63, 3.8) is 0 Å². The van der Waals surface area contributed by atoms with E-state index >= 15 is 0 Å². The average molecular weight is 1550 g/mol. The number of hydrogen-bond acceptors (Lipinski definition) is 22. The molecule has 5 aromatic carbocycles. The molecule has 1 saturated heterocycles. The molecule has 5 fully saturated rings. The first-order valence-electron chi connectivity index (χ1n) is 37.1. The molecule has 2 unspecified atom stereocenters. The molecule has 15 rings (SSSR count). The number of methoxy groups -OCH3 is 1. The molecule has 29 heteroatoms. The SMILES string of the molecule is COC(=O)[C@H]1O[C@@H](Oc2ccc(C=CCC(=O)N(C)CCOC34CC5(C)CC(C)(CC(Cn6ncc(-c7ccc(-c8ccc9c(c8)N(C(=O)Nc8nc%10ccccc%10s8)CCO9)nc7C(=O)O)c6C)(C5)C3)C4)cc2NC(=O)CCNC(=O)OCC2c3ccccc3-c3ccccc32)[C@H](OC(C)=O)[C@@H](OC(C)=O)[C@@H]1OC(C)=O. The lowest BCUT2D eigenvalue weighted by Gasteiger charge is -2.69. The fraction of sp³-hybridized carbons (Fsp3) is 0.398. The lowest BCUT2D eigenvalue weighted by atomic mass is 9.39. The number of carbonyl (C=O) groups is 9. The summed E-state index contributed by atoms with van der Waals surface area (Å²) in [6, 6.07) is 36.6. The summed E-state index contributed by atoms with van der Waals surface area (Å²) < 4.78 is 55.7. The van der Waals surface area contributed by atoms with Crippen LogP contribution in [0.15, 0.2) is 134 Å². The minimum Gasteiger partial charge on any atom is -0.490 e. The van der Waals surface area contributed by atoms with Gasteiger partial charge in [0, 0.05) is 88.6 Å². The number of nitrogens with one attached hydrogen (secondary N) is 3. The summed E-state index contributed by atoms with van der Waals surface area (Å²) in [7, 11) is 2.77. The maximum atomic E-state index is 14.0. The smallest absolute Gasteiger partial charge is 0.407 e. The van der Waals surface area contributed by atoms with E-state index in [0.717, 1.165) is 105 Å². The van der Waals surface area contributed by atoms with E-state index < -0.39 is 78.2 Å². The molecule has 7 atom stereocenters. The Bertz CT molecular complexity index is 4980. The monoisotopic (exact) mass is 1550 g/mol. The summed E-state index contributed by atoms with van der Waals surface area (Å²) in [4.78, 5) is 132. The van der Waals surface area contributed by atoms with Crippen LogP contribution in [-0.2, 0) is 68.5 Å². The van der Waals surface area contributed by atoms with Gasteiger partial charge in [-0.05, 0) is 144 Å². The topological polar surface area (TPSA) is 343 Å². The first-order chi connectivity index (χ1) is 53.7. The van der Waals surface area contributed by atoms with E-state index in [2.05, 4.69) is 34.8 Å². The molecule has 5 heterocycles. The molecule has 28 nitrogen and oxygen atoms in total. The minimum atomic E-state index is -1.78. The van der Waals surface area contributed by atoms with Crippen LogP contribution in [0.5, 0.6) is 11.5 Å². The number of ether oxygens (including phenoxy) is 9. The highest BCUT2D eigenvalue weighted by Gasteiger charge is 2.66. The lowest BCUT2D eigenvalue weighted by Crippen LogP contribution is -2.64. The van der Waals surface area contributed by atoms with Crippen molar-refractivity contribution in [3.8, 4) is 45.0 Å². The summed E-state index contributed by atoms with van der Waals surface area (Å²) in [5, 5.41) is 24.6. The molecular formula is C83H87N9O19S. The quantitative estimate of drug-likeness (QED) is 0.0305. The van der Waals surface area contributed by atoms with Crippen LogP contribution in [0.4, 0.5) is 26.1 Å². The van der Waals surface area contributed by atoms with Gasteiger partial charge in [0.15, 0.2) is 29.1 Å². The molecule has 5 amide bonds. The van der Waals surface area contributed by atoms with Crippen molar-refractivity contribution in [2.45, 2.75) is 142 Å². The molecular weight excluding hydrogens is 1460 g/mol. The number of esters is 4. The fourth-order valence-corrected chi connectivity index (χ4v) is 19.1. The second kappa shape index (κ2) is 31.7. The van der Waals surface area contributed by atoms with Gasteiger partial charge in [-0.25, -0.2) is 29.1 Å². The van der Waals surface area contributed by atoms with Gasteiger partial charge in [-0.1, -0.05) is 104 Å². The number of urea groups is 1. The number of aromatic carboxylic acids is 1. The Hall–Kier alpha value is -11.6. The van der Waals surface area contributed by atoms with Gasteiger partial charge >= 0.3 is 42.0 Å². The second-order valence-electron chi connectivity index (χ2n) is 30.5. The summed E-state index contributed by atoms with van der Waals surface area (Å²) in [6.45, 7) is 11.4. The standard InChI is InChI=1S/C83H87N9O19S/c1-47-58(57-26-27-60(87-69(57)74(98)99)52-25-29-65-63(37-52)91(33-34-104-65)78(101)89-77-88-61-21-13-14-22-66(61)112-77)38-85-92(47)46-82-41-80(5)40-81(6,42-82)44-83(43-80,45-82)106-35-32-90(7)68(97)23-15-16-51-24-28-64(110-76-73(109-50(4)95)71(108-49(3)94)70(107-48(2)93)72(111-76)75(100)103-8)62(36-51)86-67(96)30-31-84-79(102)105-39-59-55-19-11-9-17-53(55)54-18-10-12-20-56(54)59/h9-22,24-29,36-38,59,70-73,76H,23,30-35,39-46H2,1-8H3,(H,84,102)(H,86,96)(H,98,99)(H,88,89,101)/t70-,71-,72-,73+,76+,80?,81?,82?,83?/m0/s1. The number of anilines is 3. The number of aromatic nitrogens is 4. The van der Waals surface area contributed by atoms with Crippen molar-refractivity contribution in [1.29, 1.82) is 0 Å². The Kier molecular flexibility index (Phi) is 21.8. The zero-order valence-electron chi connectivity index (χ0n) is 63.2. The maximum Gasteiger partial charge on any atom is 0.407 e. The average Bonchev–Trinajstić information content (AvgIpc) is 0.752. The Morgan fingerprint density at radius 1 is 0.750 bits per heavy atom. The number of thiazole rings is 1. The molecule has 4 bridgehead atoms. The van der Waals surface area contributed by atoms with Crippen LogP contribution in [0.25, 0.3) is 49.8 Å². The predicted octanol–water partition coefficient (Wildman–Crippen LogP) is 12.3. The number of alkyl carbamates (subject to hydrolysis) is 1. The van der Waals surface area contributed by atoms with Crippen molar-refractivity contribution >= 4 is 97.9 Å². The first kappa shape index (κ1) is 77.2. The number of carbonyl (C=O) groups excluding carboxylic acids is 8. The number of amides is 5. The van der Waals surface area contributed by atoms with Crippen LogP contribution >= 0.6 is 11.3 Å². The van der Waals surface area contributed by atoms with E-state index in [1.807, 2.05) is 84.4 Å². The Balaban J connectivity index is 0.630. The van der Waals surface area contributed by atoms with Crippen molar-refractivity contribution in [3.05, 3.63) is 162 Å². The van der Waals surface area contributed by atoms with Crippen LogP contribution in [0.1, 0.15) is 125 Å². The Labute approximate surface area is 649 Å². The molecule has 5 aliphatic carbocycles. The summed E-state index contributed by atoms with van der Waals surface area (Å²) in [5.41, 5.74) is 7.92. The number of para-hydroxylation sites is 1. The minimum absolute atomic E-state index is 0.0204. The van der Waals surface area contributed by atoms with Crippen molar-refractivity contribution < 1.29 is 90.9 Å². The van der Waals surface area contributed by atoms with Crippen molar-refractivity contribution in [2.24, 2.45) is 16.2 Å².